The van der Waals surface area contributed by atoms with Crippen molar-refractivity contribution in [3.05, 3.63) is 0 Å². The first kappa shape index (κ1) is 10.3. The van der Waals surface area contributed by atoms with Gasteiger partial charge in [-0.2, -0.15) is 11.8 Å². The highest BCUT2D eigenvalue weighted by Gasteiger charge is 2.56. The number of hydrogen-bond donors (Lipinski definition) is 1. The lowest BCUT2D eigenvalue weighted by Gasteiger charge is -2.47. The topological polar surface area (TPSA) is 37.3 Å². The van der Waals surface area contributed by atoms with Crippen LogP contribution in [-0.4, -0.2) is 21.6 Å². The molecule has 0 aromatic heterocycles. The summed E-state index contributed by atoms with van der Waals surface area (Å²) in [6.07, 6.45) is 3.99. The monoisotopic (exact) mass is 214 g/mol. The lowest BCUT2D eigenvalue weighted by atomic mass is 9.57. The van der Waals surface area contributed by atoms with Gasteiger partial charge in [-0.05, 0) is 30.9 Å². The summed E-state index contributed by atoms with van der Waals surface area (Å²) in [6, 6.07) is 0. The molecule has 0 aromatic rings. The fraction of sp³-hybridized carbons (Fsp3) is 0.909. The Morgan fingerprint density at radius 1 is 1.43 bits per heavy atom. The molecule has 1 aliphatic heterocycles. The van der Waals surface area contributed by atoms with E-state index in [4.69, 9.17) is 0 Å². The van der Waals surface area contributed by atoms with Crippen molar-refractivity contribution in [3.8, 4) is 0 Å². The van der Waals surface area contributed by atoms with E-state index in [2.05, 4.69) is 13.8 Å². The van der Waals surface area contributed by atoms with Gasteiger partial charge < -0.3 is 5.11 Å². The van der Waals surface area contributed by atoms with E-state index >= 15 is 0 Å². The zero-order valence-corrected chi connectivity index (χ0v) is 9.69. The first-order chi connectivity index (χ1) is 6.49. The number of rotatable bonds is 2. The number of aliphatic carboxylic acids is 1. The highest BCUT2D eigenvalue weighted by molar-refractivity contribution is 8.00. The van der Waals surface area contributed by atoms with Gasteiger partial charge in [0.15, 0.2) is 0 Å². The summed E-state index contributed by atoms with van der Waals surface area (Å²) < 4.78 is 0.165. The van der Waals surface area contributed by atoms with Crippen LogP contribution in [0.4, 0.5) is 0 Å². The Hall–Kier alpha value is -0.180. The molecule has 2 rings (SSSR count). The Balaban J connectivity index is 2.24. The lowest BCUT2D eigenvalue weighted by molar-refractivity contribution is -0.160. The van der Waals surface area contributed by atoms with Gasteiger partial charge in [0.25, 0.3) is 0 Å². The molecule has 1 heterocycles. The average molecular weight is 214 g/mol. The molecule has 1 aliphatic carbocycles. The molecule has 0 aromatic carbocycles. The molecule has 1 saturated heterocycles. The van der Waals surface area contributed by atoms with Gasteiger partial charge in [-0.3, -0.25) is 4.79 Å². The number of carboxylic acids is 1. The Bertz CT molecular complexity index is 256. The maximum atomic E-state index is 11.4. The van der Waals surface area contributed by atoms with E-state index in [-0.39, 0.29) is 10.2 Å². The molecule has 0 amide bonds. The molecule has 1 unspecified atom stereocenters. The molecular weight excluding hydrogens is 196 g/mol. The molecule has 0 bridgehead atoms. The second-order valence-corrected chi connectivity index (χ2v) is 6.86. The Kier molecular flexibility index (Phi) is 2.33. The van der Waals surface area contributed by atoms with E-state index in [1.807, 2.05) is 11.8 Å². The minimum Gasteiger partial charge on any atom is -0.481 e. The van der Waals surface area contributed by atoms with Crippen molar-refractivity contribution in [2.24, 2.45) is 11.3 Å². The van der Waals surface area contributed by atoms with Crippen molar-refractivity contribution >= 4 is 17.7 Å². The highest BCUT2D eigenvalue weighted by Crippen LogP contribution is 2.58. The van der Waals surface area contributed by atoms with Crippen molar-refractivity contribution in [3.63, 3.8) is 0 Å². The number of hydrogen-bond acceptors (Lipinski definition) is 2. The van der Waals surface area contributed by atoms with Crippen LogP contribution in [0.3, 0.4) is 0 Å². The van der Waals surface area contributed by atoms with Gasteiger partial charge >= 0.3 is 5.97 Å². The molecule has 3 heteroatoms. The first-order valence-corrected chi connectivity index (χ1v) is 6.35. The molecule has 80 valence electrons. The molecule has 14 heavy (non-hydrogen) atoms. The molecule has 2 fully saturated rings. The predicted octanol–water partition coefficient (Wildman–Crippen LogP) is 2.77. The summed E-state index contributed by atoms with van der Waals surface area (Å²) in [5, 5.41) is 9.37. The van der Waals surface area contributed by atoms with Crippen LogP contribution in [0, 0.1) is 11.3 Å². The summed E-state index contributed by atoms with van der Waals surface area (Å²) in [7, 11) is 0. The summed E-state index contributed by atoms with van der Waals surface area (Å²) in [6.45, 7) is 4.41. The van der Waals surface area contributed by atoms with E-state index < -0.39 is 5.97 Å². The lowest BCUT2D eigenvalue weighted by Crippen LogP contribution is -2.49. The SMILES string of the molecule is CC1(C)SCCC1C1(C(=O)O)CCC1. The minimum atomic E-state index is -0.552. The van der Waals surface area contributed by atoms with Crippen molar-refractivity contribution in [2.75, 3.05) is 5.75 Å². The molecule has 1 atom stereocenters. The molecule has 2 nitrogen and oxygen atoms in total. The van der Waals surface area contributed by atoms with E-state index in [9.17, 15) is 9.90 Å². The van der Waals surface area contributed by atoms with Crippen LogP contribution in [0.5, 0.6) is 0 Å². The van der Waals surface area contributed by atoms with Crippen LogP contribution in [0.15, 0.2) is 0 Å². The normalized spacial score (nSPS) is 33.7. The average Bonchev–Trinajstić information content (AvgIpc) is 2.28. The zero-order valence-electron chi connectivity index (χ0n) is 8.88. The Labute approximate surface area is 89.5 Å². The van der Waals surface area contributed by atoms with E-state index in [1.54, 1.807) is 0 Å². The van der Waals surface area contributed by atoms with Crippen molar-refractivity contribution in [2.45, 2.75) is 44.3 Å². The van der Waals surface area contributed by atoms with Crippen LogP contribution >= 0.6 is 11.8 Å². The molecule has 1 saturated carbocycles. The van der Waals surface area contributed by atoms with E-state index in [1.165, 1.54) is 0 Å². The van der Waals surface area contributed by atoms with Gasteiger partial charge in [-0.15, -0.1) is 0 Å². The van der Waals surface area contributed by atoms with Gasteiger partial charge in [0, 0.05) is 4.75 Å². The first-order valence-electron chi connectivity index (χ1n) is 5.36. The third-order valence-corrected chi connectivity index (χ3v) is 5.53. The van der Waals surface area contributed by atoms with Crippen molar-refractivity contribution in [1.82, 2.24) is 0 Å². The van der Waals surface area contributed by atoms with Crippen molar-refractivity contribution in [1.29, 1.82) is 0 Å². The maximum Gasteiger partial charge on any atom is 0.309 e. The third kappa shape index (κ3) is 1.28. The van der Waals surface area contributed by atoms with Gasteiger partial charge in [0.1, 0.15) is 0 Å². The van der Waals surface area contributed by atoms with Crippen LogP contribution in [-0.2, 0) is 4.79 Å². The fourth-order valence-electron chi connectivity index (χ4n) is 3.10. The van der Waals surface area contributed by atoms with Crippen LogP contribution in [0.25, 0.3) is 0 Å². The van der Waals surface area contributed by atoms with Crippen LogP contribution in [0.1, 0.15) is 39.5 Å². The van der Waals surface area contributed by atoms with Gasteiger partial charge in [-0.25, -0.2) is 0 Å². The second kappa shape index (κ2) is 3.16. The van der Waals surface area contributed by atoms with Gasteiger partial charge in [0.05, 0.1) is 5.41 Å². The van der Waals surface area contributed by atoms with E-state index in [0.29, 0.717) is 5.92 Å². The van der Waals surface area contributed by atoms with E-state index in [0.717, 1.165) is 31.4 Å². The van der Waals surface area contributed by atoms with Crippen LogP contribution in [0.2, 0.25) is 0 Å². The summed E-state index contributed by atoms with van der Waals surface area (Å²) >= 11 is 1.94. The maximum absolute atomic E-state index is 11.4. The Morgan fingerprint density at radius 2 is 2.07 bits per heavy atom. The summed E-state index contributed by atoms with van der Waals surface area (Å²) in [4.78, 5) is 11.4. The fourth-order valence-corrected chi connectivity index (χ4v) is 4.52. The minimum absolute atomic E-state index is 0.165. The molecule has 0 spiro atoms. The van der Waals surface area contributed by atoms with Gasteiger partial charge in [-0.1, -0.05) is 20.3 Å². The molecule has 0 radical (unpaired) electrons. The highest BCUT2D eigenvalue weighted by atomic mass is 32.2. The van der Waals surface area contributed by atoms with Crippen molar-refractivity contribution < 1.29 is 9.90 Å². The summed E-state index contributed by atoms with van der Waals surface area (Å²) in [5.74, 6) is 0.961. The van der Waals surface area contributed by atoms with Crippen LogP contribution < -0.4 is 0 Å². The third-order valence-electron chi connectivity index (χ3n) is 4.06. The smallest absolute Gasteiger partial charge is 0.309 e. The predicted molar refractivity (Wildman–Crippen MR) is 58.6 cm³/mol. The number of thioether (sulfide) groups is 1. The molecule has 2 aliphatic rings. The Morgan fingerprint density at radius 3 is 2.36 bits per heavy atom. The quantitative estimate of drug-likeness (QED) is 0.768. The number of carboxylic acid groups (broad SMARTS) is 1. The molecule has 1 N–H and O–H groups in total. The zero-order chi connectivity index (χ0) is 10.4. The van der Waals surface area contributed by atoms with Gasteiger partial charge in [0.2, 0.25) is 0 Å². The molecular formula is C11H18O2S. The number of carbonyl (C=O) groups is 1. The second-order valence-electron chi connectivity index (χ2n) is 5.11. The summed E-state index contributed by atoms with van der Waals surface area (Å²) in [5.41, 5.74) is -0.368. The largest absolute Gasteiger partial charge is 0.481 e. The standard InChI is InChI=1S/C11H18O2S/c1-10(2)8(4-7-14-10)11(9(12)13)5-3-6-11/h8H,3-7H2,1-2H3,(H,12,13).